The van der Waals surface area contributed by atoms with Crippen molar-refractivity contribution in [1.82, 2.24) is 0 Å². The second-order valence-corrected chi connectivity index (χ2v) is 8.94. The third-order valence-corrected chi connectivity index (χ3v) is 6.01. The van der Waals surface area contributed by atoms with E-state index in [-0.39, 0.29) is 17.3 Å². The molecule has 0 aliphatic rings. The number of unbranched alkanes of at least 4 members (excludes halogenated alkanes) is 2. The van der Waals surface area contributed by atoms with Crippen LogP contribution in [0.2, 0.25) is 0 Å². The van der Waals surface area contributed by atoms with E-state index in [0.29, 0.717) is 48.8 Å². The maximum atomic E-state index is 13.1. The van der Waals surface area contributed by atoms with E-state index in [9.17, 15) is 14.4 Å². The minimum absolute atomic E-state index is 0.0268. The average molecular weight is 457 g/mol. The van der Waals surface area contributed by atoms with Crippen LogP contribution in [-0.2, 0) is 4.79 Å². The minimum Gasteiger partial charge on any atom is -0.295 e. The van der Waals surface area contributed by atoms with Crippen molar-refractivity contribution in [2.45, 2.75) is 65.2 Å². The summed E-state index contributed by atoms with van der Waals surface area (Å²) in [6.07, 6.45) is 5.05. The van der Waals surface area contributed by atoms with Crippen molar-refractivity contribution in [3.63, 3.8) is 0 Å². The molecule has 0 aliphatic heterocycles. The predicted octanol–water partition coefficient (Wildman–Crippen LogP) is 8.12. The van der Waals surface area contributed by atoms with Crippen molar-refractivity contribution in [2.75, 3.05) is 0 Å². The number of Topliss-reactive ketones (excluding diaryl/α,β-unsaturated/α-hetero) is 3. The molecule has 3 nitrogen and oxygen atoms in total. The minimum atomic E-state index is 0.0268. The number of ketones is 3. The number of benzene rings is 2. The van der Waals surface area contributed by atoms with Crippen LogP contribution in [0.3, 0.4) is 0 Å². The first-order valence-corrected chi connectivity index (χ1v) is 12.0. The van der Waals surface area contributed by atoms with Crippen LogP contribution in [-0.4, -0.2) is 17.3 Å². The van der Waals surface area contributed by atoms with Gasteiger partial charge in [-0.1, -0.05) is 79.4 Å². The molecule has 0 bridgehead atoms. The largest absolute Gasteiger partial charge is 0.295 e. The van der Waals surface area contributed by atoms with Gasteiger partial charge in [0.25, 0.3) is 0 Å². The van der Waals surface area contributed by atoms with Crippen molar-refractivity contribution in [3.8, 4) is 11.1 Å². The Morgan fingerprint density at radius 2 is 1.00 bits per heavy atom. The second-order valence-electron chi connectivity index (χ2n) is 8.94. The summed E-state index contributed by atoms with van der Waals surface area (Å²) in [5.74, 6) is 0.153. The number of carbonyl (C=O) groups is 3. The first-order chi connectivity index (χ1) is 16.2. The van der Waals surface area contributed by atoms with E-state index < -0.39 is 0 Å². The Labute approximate surface area is 204 Å². The lowest BCUT2D eigenvalue weighted by atomic mass is 9.89. The Hall–Kier alpha value is -3.33. The molecule has 2 rings (SSSR count). The van der Waals surface area contributed by atoms with Gasteiger partial charge in [-0.2, -0.15) is 0 Å². The molecule has 0 saturated heterocycles. The summed E-state index contributed by atoms with van der Waals surface area (Å²) in [4.78, 5) is 37.8. The fourth-order valence-electron chi connectivity index (χ4n) is 3.81. The molecule has 0 N–H and O–H groups in total. The molecule has 3 heteroatoms. The number of rotatable bonds is 15. The fraction of sp³-hybridized carbons (Fsp3) is 0.323. The molecule has 0 heterocycles. The van der Waals surface area contributed by atoms with Crippen LogP contribution in [0, 0.1) is 0 Å². The van der Waals surface area contributed by atoms with E-state index in [1.807, 2.05) is 55.5 Å². The highest BCUT2D eigenvalue weighted by molar-refractivity contribution is 6.07. The Balaban J connectivity index is 2.10. The Morgan fingerprint density at radius 1 is 0.588 bits per heavy atom. The van der Waals surface area contributed by atoms with Crippen LogP contribution < -0.4 is 0 Å². The van der Waals surface area contributed by atoms with Gasteiger partial charge < -0.3 is 0 Å². The molecule has 0 fully saturated rings. The maximum Gasteiger partial charge on any atom is 0.163 e. The normalized spacial score (nSPS) is 10.5. The lowest BCUT2D eigenvalue weighted by Crippen LogP contribution is -2.06. The van der Waals surface area contributed by atoms with Gasteiger partial charge >= 0.3 is 0 Å². The number of hydrogen-bond donors (Lipinski definition) is 0. The Bertz CT molecular complexity index is 1000. The molecule has 0 amide bonds. The topological polar surface area (TPSA) is 51.2 Å². The molecule has 0 atom stereocenters. The van der Waals surface area contributed by atoms with E-state index in [2.05, 4.69) is 19.7 Å². The summed E-state index contributed by atoms with van der Waals surface area (Å²) < 4.78 is 0. The molecule has 0 spiro atoms. The molecule has 0 saturated carbocycles. The molecule has 178 valence electrons. The SMILES string of the molecule is C=C(C)C(=C)CCCCC(=O)c1ccccc1-c1ccccc1C(=O)CCCCC(=O)C(=C)C. The number of hydrogen-bond acceptors (Lipinski definition) is 3. The zero-order valence-corrected chi connectivity index (χ0v) is 20.6. The van der Waals surface area contributed by atoms with Gasteiger partial charge in [-0.3, -0.25) is 14.4 Å². The molecular formula is C31H36O3. The zero-order valence-electron chi connectivity index (χ0n) is 20.6. The van der Waals surface area contributed by atoms with Crippen LogP contribution in [0.25, 0.3) is 11.1 Å². The van der Waals surface area contributed by atoms with E-state index in [1.54, 1.807) is 6.92 Å². The molecular weight excluding hydrogens is 420 g/mol. The molecule has 2 aromatic rings. The molecule has 0 aliphatic carbocycles. The van der Waals surface area contributed by atoms with Crippen molar-refractivity contribution in [1.29, 1.82) is 0 Å². The number of allylic oxidation sites excluding steroid dienone is 3. The third-order valence-electron chi connectivity index (χ3n) is 6.01. The molecule has 2 aromatic carbocycles. The summed E-state index contributed by atoms with van der Waals surface area (Å²) >= 11 is 0. The van der Waals surface area contributed by atoms with Gasteiger partial charge in [-0.05, 0) is 62.7 Å². The second kappa shape index (κ2) is 13.4. The van der Waals surface area contributed by atoms with Crippen molar-refractivity contribution in [2.24, 2.45) is 0 Å². The van der Waals surface area contributed by atoms with Gasteiger partial charge in [0, 0.05) is 30.4 Å². The van der Waals surface area contributed by atoms with Crippen LogP contribution in [0.5, 0.6) is 0 Å². The van der Waals surface area contributed by atoms with Crippen molar-refractivity contribution in [3.05, 3.63) is 96.1 Å². The lowest BCUT2D eigenvalue weighted by Gasteiger charge is -2.13. The van der Waals surface area contributed by atoms with Crippen molar-refractivity contribution < 1.29 is 14.4 Å². The van der Waals surface area contributed by atoms with E-state index in [0.717, 1.165) is 41.5 Å². The fourth-order valence-corrected chi connectivity index (χ4v) is 3.81. The van der Waals surface area contributed by atoms with Crippen LogP contribution in [0.4, 0.5) is 0 Å². The Kier molecular flexibility index (Phi) is 10.6. The molecule has 34 heavy (non-hydrogen) atoms. The number of carbonyl (C=O) groups excluding carboxylic acids is 3. The van der Waals surface area contributed by atoms with E-state index >= 15 is 0 Å². The van der Waals surface area contributed by atoms with Gasteiger partial charge in [0.05, 0.1) is 0 Å². The standard InChI is InChI=1S/C31H36O3/c1-22(2)24(5)14-6-11-20-30(33)27-17-9-7-15-25(27)26-16-8-10-18-28(26)31(34)21-13-12-19-29(32)23(3)4/h7-10,15-18H,1,3,5-6,11-14,19-21H2,2,4H3. The summed E-state index contributed by atoms with van der Waals surface area (Å²) in [6.45, 7) is 15.3. The molecule has 0 unspecified atom stereocenters. The zero-order chi connectivity index (χ0) is 25.1. The highest BCUT2D eigenvalue weighted by atomic mass is 16.1. The first kappa shape index (κ1) is 26.9. The van der Waals surface area contributed by atoms with Crippen LogP contribution in [0.15, 0.2) is 85.0 Å². The predicted molar refractivity (Wildman–Crippen MR) is 141 cm³/mol. The quantitative estimate of drug-likeness (QED) is 0.118. The average Bonchev–Trinajstić information content (AvgIpc) is 2.83. The van der Waals surface area contributed by atoms with E-state index in [1.165, 1.54) is 0 Å². The van der Waals surface area contributed by atoms with Crippen molar-refractivity contribution >= 4 is 17.3 Å². The summed E-state index contributed by atoms with van der Waals surface area (Å²) in [5, 5.41) is 0. The smallest absolute Gasteiger partial charge is 0.163 e. The van der Waals surface area contributed by atoms with Gasteiger partial charge in [0.2, 0.25) is 0 Å². The van der Waals surface area contributed by atoms with Gasteiger partial charge in [0.1, 0.15) is 0 Å². The highest BCUT2D eigenvalue weighted by Crippen LogP contribution is 2.30. The van der Waals surface area contributed by atoms with Crippen LogP contribution in [0.1, 0.15) is 85.9 Å². The third kappa shape index (κ3) is 7.91. The van der Waals surface area contributed by atoms with Gasteiger partial charge in [-0.15, -0.1) is 0 Å². The van der Waals surface area contributed by atoms with Crippen LogP contribution >= 0.6 is 0 Å². The van der Waals surface area contributed by atoms with Gasteiger partial charge in [0.15, 0.2) is 17.3 Å². The Morgan fingerprint density at radius 3 is 1.44 bits per heavy atom. The van der Waals surface area contributed by atoms with Gasteiger partial charge in [-0.25, -0.2) is 0 Å². The molecule has 0 aromatic heterocycles. The first-order valence-electron chi connectivity index (χ1n) is 12.0. The highest BCUT2D eigenvalue weighted by Gasteiger charge is 2.18. The summed E-state index contributed by atoms with van der Waals surface area (Å²) in [7, 11) is 0. The molecule has 0 radical (unpaired) electrons. The van der Waals surface area contributed by atoms with E-state index in [4.69, 9.17) is 0 Å². The maximum absolute atomic E-state index is 13.1. The monoisotopic (exact) mass is 456 g/mol. The summed E-state index contributed by atoms with van der Waals surface area (Å²) in [6, 6.07) is 15.0. The summed E-state index contributed by atoms with van der Waals surface area (Å²) in [5.41, 5.74) is 5.41. The lowest BCUT2D eigenvalue weighted by molar-refractivity contribution is -0.115.